The molecule has 0 bridgehead atoms. The number of aromatic nitrogens is 1. The molecule has 3 N–H and O–H groups in total. The number of amides is 1. The molecule has 1 aromatic heterocycles. The number of rotatable bonds is 3. The van der Waals surface area contributed by atoms with Crippen molar-refractivity contribution in [3.63, 3.8) is 0 Å². The van der Waals surface area contributed by atoms with Crippen LogP contribution in [0.4, 0.5) is 5.69 Å². The van der Waals surface area contributed by atoms with Crippen LogP contribution in [0.3, 0.4) is 0 Å². The molecule has 1 aromatic carbocycles. The van der Waals surface area contributed by atoms with Gasteiger partial charge in [-0.2, -0.15) is 0 Å². The molecule has 0 atom stereocenters. The number of hydrogen-bond acceptors (Lipinski definition) is 3. The highest BCUT2D eigenvalue weighted by atomic mass is 16.2. The Hall–Kier alpha value is -2.56. The zero-order valence-corrected chi connectivity index (χ0v) is 10.6. The van der Waals surface area contributed by atoms with Crippen LogP contribution in [0, 0.1) is 0 Å². The van der Waals surface area contributed by atoms with Crippen molar-refractivity contribution in [3.05, 3.63) is 64.1 Å². The number of pyridine rings is 1. The third-order valence-corrected chi connectivity index (χ3v) is 2.80. The Morgan fingerprint density at radius 1 is 1.26 bits per heavy atom. The van der Waals surface area contributed by atoms with Gasteiger partial charge in [-0.25, -0.2) is 0 Å². The first-order chi connectivity index (χ1) is 9.08. The van der Waals surface area contributed by atoms with Crippen LogP contribution in [0.15, 0.2) is 47.5 Å². The minimum absolute atomic E-state index is 0.139. The first kappa shape index (κ1) is 12.9. The van der Waals surface area contributed by atoms with Crippen molar-refractivity contribution in [2.24, 2.45) is 0 Å². The van der Waals surface area contributed by atoms with Crippen LogP contribution in [-0.2, 0) is 6.54 Å². The van der Waals surface area contributed by atoms with Gasteiger partial charge in [0.25, 0.3) is 5.91 Å². The summed E-state index contributed by atoms with van der Waals surface area (Å²) in [5.41, 5.74) is 7.09. The number of nitrogen functional groups attached to an aromatic ring is 1. The molecule has 1 amide bonds. The second kappa shape index (κ2) is 5.39. The highest BCUT2D eigenvalue weighted by molar-refractivity contribution is 5.93. The average molecular weight is 257 g/mol. The van der Waals surface area contributed by atoms with Gasteiger partial charge in [-0.1, -0.05) is 12.1 Å². The SMILES string of the molecule is CN(Cc1ccc(N)cc1)C(=O)c1c[nH]ccc1=O. The van der Waals surface area contributed by atoms with E-state index in [1.54, 1.807) is 19.2 Å². The predicted molar refractivity (Wildman–Crippen MR) is 73.7 cm³/mol. The maximum Gasteiger partial charge on any atom is 0.259 e. The molecule has 0 saturated carbocycles. The van der Waals surface area contributed by atoms with Crippen molar-refractivity contribution in [2.75, 3.05) is 12.8 Å². The summed E-state index contributed by atoms with van der Waals surface area (Å²) in [6.07, 6.45) is 2.92. The Balaban J connectivity index is 2.14. The minimum Gasteiger partial charge on any atom is -0.399 e. The molecule has 0 fully saturated rings. The summed E-state index contributed by atoms with van der Waals surface area (Å²) in [7, 11) is 1.66. The molecule has 0 unspecified atom stereocenters. The molecule has 5 nitrogen and oxygen atoms in total. The summed E-state index contributed by atoms with van der Waals surface area (Å²) in [5, 5.41) is 0. The Morgan fingerprint density at radius 2 is 1.95 bits per heavy atom. The lowest BCUT2D eigenvalue weighted by molar-refractivity contribution is 0.0783. The summed E-state index contributed by atoms with van der Waals surface area (Å²) in [4.78, 5) is 27.9. The molecule has 19 heavy (non-hydrogen) atoms. The molecule has 2 rings (SSSR count). The first-order valence-corrected chi connectivity index (χ1v) is 5.85. The summed E-state index contributed by atoms with van der Waals surface area (Å²) in [5.74, 6) is -0.307. The second-order valence-corrected chi connectivity index (χ2v) is 4.33. The average Bonchev–Trinajstić information content (AvgIpc) is 2.41. The quantitative estimate of drug-likeness (QED) is 0.812. The van der Waals surface area contributed by atoms with E-state index in [-0.39, 0.29) is 16.9 Å². The number of nitrogens with zero attached hydrogens (tertiary/aromatic N) is 1. The van der Waals surface area contributed by atoms with Gasteiger partial charge < -0.3 is 15.6 Å². The highest BCUT2D eigenvalue weighted by Crippen LogP contribution is 2.09. The molecule has 0 radical (unpaired) electrons. The van der Waals surface area contributed by atoms with E-state index in [0.29, 0.717) is 12.2 Å². The number of hydrogen-bond donors (Lipinski definition) is 2. The Kier molecular flexibility index (Phi) is 3.66. The van der Waals surface area contributed by atoms with Crippen molar-refractivity contribution in [2.45, 2.75) is 6.54 Å². The van der Waals surface area contributed by atoms with Gasteiger partial charge >= 0.3 is 0 Å². The molecular formula is C14H15N3O2. The van der Waals surface area contributed by atoms with E-state index in [1.165, 1.54) is 23.4 Å². The lowest BCUT2D eigenvalue weighted by Gasteiger charge is -2.16. The van der Waals surface area contributed by atoms with Crippen molar-refractivity contribution >= 4 is 11.6 Å². The van der Waals surface area contributed by atoms with Gasteiger partial charge in [0.05, 0.1) is 0 Å². The Labute approximate surface area is 110 Å². The van der Waals surface area contributed by atoms with E-state index in [2.05, 4.69) is 4.98 Å². The van der Waals surface area contributed by atoms with Crippen LogP contribution >= 0.6 is 0 Å². The van der Waals surface area contributed by atoms with Gasteiger partial charge in [0.2, 0.25) is 0 Å². The number of nitrogens with two attached hydrogens (primary N) is 1. The van der Waals surface area contributed by atoms with Crippen molar-refractivity contribution in [3.8, 4) is 0 Å². The van der Waals surface area contributed by atoms with E-state index < -0.39 is 0 Å². The number of carbonyl (C=O) groups excluding carboxylic acids is 1. The maximum atomic E-state index is 12.1. The number of anilines is 1. The van der Waals surface area contributed by atoms with E-state index in [9.17, 15) is 9.59 Å². The third-order valence-electron chi connectivity index (χ3n) is 2.80. The van der Waals surface area contributed by atoms with Gasteiger partial charge in [-0.05, 0) is 17.7 Å². The van der Waals surface area contributed by atoms with Crippen molar-refractivity contribution in [1.29, 1.82) is 0 Å². The Bertz CT molecular complexity index is 632. The van der Waals surface area contributed by atoms with Gasteiger partial charge in [0.1, 0.15) is 5.56 Å². The fourth-order valence-electron chi connectivity index (χ4n) is 1.76. The van der Waals surface area contributed by atoms with Gasteiger partial charge in [-0.15, -0.1) is 0 Å². The molecule has 0 aliphatic rings. The molecule has 1 heterocycles. The number of aromatic amines is 1. The zero-order chi connectivity index (χ0) is 13.8. The monoisotopic (exact) mass is 257 g/mol. The van der Waals surface area contributed by atoms with E-state index >= 15 is 0 Å². The largest absolute Gasteiger partial charge is 0.399 e. The van der Waals surface area contributed by atoms with E-state index in [0.717, 1.165) is 5.56 Å². The molecule has 0 aliphatic heterocycles. The highest BCUT2D eigenvalue weighted by Gasteiger charge is 2.14. The fraction of sp³-hybridized carbons (Fsp3) is 0.143. The van der Waals surface area contributed by atoms with Gasteiger partial charge in [0.15, 0.2) is 5.43 Å². The van der Waals surface area contributed by atoms with E-state index in [1.807, 2.05) is 12.1 Å². The fourth-order valence-corrected chi connectivity index (χ4v) is 1.76. The van der Waals surface area contributed by atoms with Crippen LogP contribution in [0.1, 0.15) is 15.9 Å². The minimum atomic E-state index is -0.307. The summed E-state index contributed by atoms with van der Waals surface area (Å²) < 4.78 is 0. The number of H-pyrrole nitrogens is 1. The molecule has 0 saturated heterocycles. The van der Waals surface area contributed by atoms with Crippen LogP contribution in [0.25, 0.3) is 0 Å². The van der Waals surface area contributed by atoms with E-state index in [4.69, 9.17) is 5.73 Å². The standard InChI is InChI=1S/C14H15N3O2/c1-17(9-10-2-4-11(15)5-3-10)14(19)12-8-16-7-6-13(12)18/h2-8H,9,15H2,1H3,(H,16,18). The van der Waals surface area contributed by atoms with Crippen molar-refractivity contribution in [1.82, 2.24) is 9.88 Å². The Morgan fingerprint density at radius 3 is 2.58 bits per heavy atom. The molecular weight excluding hydrogens is 242 g/mol. The van der Waals surface area contributed by atoms with Gasteiger partial charge in [-0.3, -0.25) is 9.59 Å². The second-order valence-electron chi connectivity index (χ2n) is 4.33. The number of carbonyl (C=O) groups is 1. The smallest absolute Gasteiger partial charge is 0.259 e. The molecule has 98 valence electrons. The first-order valence-electron chi connectivity index (χ1n) is 5.85. The van der Waals surface area contributed by atoms with Crippen LogP contribution in [-0.4, -0.2) is 22.8 Å². The summed E-state index contributed by atoms with van der Waals surface area (Å²) in [6.45, 7) is 0.424. The molecule has 0 aliphatic carbocycles. The molecule has 2 aromatic rings. The molecule has 5 heteroatoms. The van der Waals surface area contributed by atoms with Crippen LogP contribution < -0.4 is 11.2 Å². The zero-order valence-electron chi connectivity index (χ0n) is 10.6. The third kappa shape index (κ3) is 3.01. The summed E-state index contributed by atoms with van der Waals surface area (Å²) >= 11 is 0. The van der Waals surface area contributed by atoms with Crippen molar-refractivity contribution < 1.29 is 4.79 Å². The van der Waals surface area contributed by atoms with Crippen LogP contribution in [0.5, 0.6) is 0 Å². The topological polar surface area (TPSA) is 79.2 Å². The lowest BCUT2D eigenvalue weighted by atomic mass is 10.2. The number of nitrogens with one attached hydrogen (secondary N) is 1. The predicted octanol–water partition coefficient (Wildman–Crippen LogP) is 1.23. The summed E-state index contributed by atoms with van der Waals surface area (Å²) in [6, 6.07) is 8.61. The lowest BCUT2D eigenvalue weighted by Crippen LogP contribution is -2.30. The van der Waals surface area contributed by atoms with Gasteiger partial charge in [0, 0.05) is 37.7 Å². The maximum absolute atomic E-state index is 12.1. The normalized spacial score (nSPS) is 10.2. The number of benzene rings is 1. The van der Waals surface area contributed by atoms with Crippen LogP contribution in [0.2, 0.25) is 0 Å². The molecule has 0 spiro atoms.